The molecular formula is C13H16BrN3O. The second-order valence-electron chi connectivity index (χ2n) is 4.66. The average Bonchev–Trinajstić information content (AvgIpc) is 2.59. The fourth-order valence-electron chi connectivity index (χ4n) is 2.32. The predicted molar refractivity (Wildman–Crippen MR) is 76.1 cm³/mol. The molecule has 1 saturated heterocycles. The lowest BCUT2D eigenvalue weighted by Crippen LogP contribution is -2.27. The number of anilines is 1. The van der Waals surface area contributed by atoms with Gasteiger partial charge in [0.05, 0.1) is 0 Å². The van der Waals surface area contributed by atoms with E-state index in [9.17, 15) is 0 Å². The Bertz CT molecular complexity index is 559. The minimum absolute atomic E-state index is 0.745. The van der Waals surface area contributed by atoms with Crippen molar-refractivity contribution in [3.63, 3.8) is 0 Å². The van der Waals surface area contributed by atoms with E-state index in [-0.39, 0.29) is 0 Å². The summed E-state index contributed by atoms with van der Waals surface area (Å²) in [5, 5.41) is 3.38. The normalized spacial score (nSPS) is 17.1. The number of oxazole rings is 1. The monoisotopic (exact) mass is 309 g/mol. The van der Waals surface area contributed by atoms with Gasteiger partial charge < -0.3 is 14.6 Å². The number of halogens is 1. The second-order valence-corrected chi connectivity index (χ2v) is 5.57. The zero-order valence-corrected chi connectivity index (χ0v) is 12.0. The van der Waals surface area contributed by atoms with Crippen molar-refractivity contribution < 1.29 is 4.42 Å². The van der Waals surface area contributed by atoms with Crippen molar-refractivity contribution in [3.05, 3.63) is 22.2 Å². The van der Waals surface area contributed by atoms with Crippen LogP contribution in [-0.2, 0) is 0 Å². The van der Waals surface area contributed by atoms with Crippen LogP contribution in [0.3, 0.4) is 0 Å². The number of aryl methyl sites for hydroxylation is 1. The van der Waals surface area contributed by atoms with Gasteiger partial charge in [-0.25, -0.2) is 0 Å². The molecule has 0 spiro atoms. The van der Waals surface area contributed by atoms with Crippen molar-refractivity contribution in [2.75, 3.05) is 31.1 Å². The van der Waals surface area contributed by atoms with Crippen LogP contribution < -0.4 is 10.2 Å². The summed E-state index contributed by atoms with van der Waals surface area (Å²) in [5.41, 5.74) is 2.94. The molecule has 1 aromatic carbocycles. The van der Waals surface area contributed by atoms with Gasteiger partial charge in [-0.05, 0) is 37.6 Å². The number of aromatic nitrogens is 1. The van der Waals surface area contributed by atoms with E-state index in [1.54, 1.807) is 0 Å². The summed E-state index contributed by atoms with van der Waals surface area (Å²) < 4.78 is 6.96. The molecule has 1 fully saturated rings. The van der Waals surface area contributed by atoms with Crippen LogP contribution in [-0.4, -0.2) is 31.2 Å². The van der Waals surface area contributed by atoms with Crippen molar-refractivity contribution in [2.45, 2.75) is 13.3 Å². The quantitative estimate of drug-likeness (QED) is 0.879. The van der Waals surface area contributed by atoms with E-state index in [0.717, 1.165) is 59.8 Å². The minimum atomic E-state index is 0.745. The first-order valence-corrected chi connectivity index (χ1v) is 7.06. The Morgan fingerprint density at radius 2 is 2.22 bits per heavy atom. The van der Waals surface area contributed by atoms with Gasteiger partial charge >= 0.3 is 0 Å². The maximum atomic E-state index is 5.92. The van der Waals surface area contributed by atoms with E-state index in [4.69, 9.17) is 4.42 Å². The fraction of sp³-hybridized carbons (Fsp3) is 0.462. The van der Waals surface area contributed by atoms with Gasteiger partial charge in [0.1, 0.15) is 5.52 Å². The lowest BCUT2D eigenvalue weighted by molar-refractivity contribution is 0.569. The summed E-state index contributed by atoms with van der Waals surface area (Å²) in [6.07, 6.45) is 1.13. The molecule has 1 aromatic heterocycles. The summed E-state index contributed by atoms with van der Waals surface area (Å²) in [6.45, 7) is 6.06. The first kappa shape index (κ1) is 12.0. The highest BCUT2D eigenvalue weighted by atomic mass is 79.9. The van der Waals surface area contributed by atoms with Crippen LogP contribution >= 0.6 is 15.9 Å². The van der Waals surface area contributed by atoms with Crippen molar-refractivity contribution in [2.24, 2.45) is 0 Å². The zero-order chi connectivity index (χ0) is 12.5. The number of hydrogen-bond acceptors (Lipinski definition) is 4. The van der Waals surface area contributed by atoms with Gasteiger partial charge in [-0.2, -0.15) is 4.98 Å². The summed E-state index contributed by atoms with van der Waals surface area (Å²) in [7, 11) is 0. The predicted octanol–water partition coefficient (Wildman–Crippen LogP) is 2.70. The molecule has 1 aliphatic rings. The summed E-state index contributed by atoms with van der Waals surface area (Å²) in [6, 6.07) is 4.81. The molecule has 3 rings (SSSR count). The molecule has 2 aromatic rings. The van der Waals surface area contributed by atoms with Crippen molar-refractivity contribution in [1.29, 1.82) is 0 Å². The third-order valence-electron chi connectivity index (χ3n) is 3.24. The summed E-state index contributed by atoms with van der Waals surface area (Å²) >= 11 is 3.50. The Kier molecular flexibility index (Phi) is 3.26. The lowest BCUT2D eigenvalue weighted by Gasteiger charge is -2.16. The second kappa shape index (κ2) is 4.90. The largest absolute Gasteiger partial charge is 0.423 e. The number of fused-ring (bicyclic) bond motifs is 1. The SMILES string of the molecule is Cc1cc(Br)cc2nc(N3CCCNCC3)oc12. The van der Waals surface area contributed by atoms with E-state index < -0.39 is 0 Å². The number of rotatable bonds is 1. The van der Waals surface area contributed by atoms with Crippen molar-refractivity contribution in [3.8, 4) is 0 Å². The minimum Gasteiger partial charge on any atom is -0.423 e. The van der Waals surface area contributed by atoms with Crippen LogP contribution in [0.4, 0.5) is 6.01 Å². The molecule has 0 aliphatic carbocycles. The Labute approximate surface area is 114 Å². The molecule has 0 atom stereocenters. The maximum absolute atomic E-state index is 5.92. The van der Waals surface area contributed by atoms with Crippen LogP contribution in [0.2, 0.25) is 0 Å². The Morgan fingerprint density at radius 3 is 3.11 bits per heavy atom. The molecule has 0 bridgehead atoms. The Morgan fingerprint density at radius 1 is 1.33 bits per heavy atom. The van der Waals surface area contributed by atoms with E-state index in [2.05, 4.69) is 37.2 Å². The van der Waals surface area contributed by atoms with Gasteiger partial charge in [0.15, 0.2) is 5.58 Å². The molecule has 4 nitrogen and oxygen atoms in total. The third-order valence-corrected chi connectivity index (χ3v) is 3.70. The molecule has 0 amide bonds. The van der Waals surface area contributed by atoms with E-state index >= 15 is 0 Å². The van der Waals surface area contributed by atoms with Crippen molar-refractivity contribution >= 4 is 33.0 Å². The maximum Gasteiger partial charge on any atom is 0.298 e. The van der Waals surface area contributed by atoms with Crippen LogP contribution in [0.25, 0.3) is 11.1 Å². The molecule has 1 N–H and O–H groups in total. The highest BCUT2D eigenvalue weighted by Crippen LogP contribution is 2.28. The van der Waals surface area contributed by atoms with Gasteiger partial charge in [0.25, 0.3) is 6.01 Å². The highest BCUT2D eigenvalue weighted by Gasteiger charge is 2.16. The number of nitrogens with zero attached hydrogens (tertiary/aromatic N) is 2. The molecule has 1 aliphatic heterocycles. The molecular weight excluding hydrogens is 294 g/mol. The Balaban J connectivity index is 1.99. The number of benzene rings is 1. The van der Waals surface area contributed by atoms with Gasteiger partial charge in [0.2, 0.25) is 0 Å². The topological polar surface area (TPSA) is 41.3 Å². The number of nitrogens with one attached hydrogen (secondary N) is 1. The van der Waals surface area contributed by atoms with E-state index in [1.165, 1.54) is 0 Å². The Hall–Kier alpha value is -1.07. The summed E-state index contributed by atoms with van der Waals surface area (Å²) in [5.74, 6) is 0. The van der Waals surface area contributed by atoms with Gasteiger partial charge in [-0.1, -0.05) is 15.9 Å². The van der Waals surface area contributed by atoms with Crippen LogP contribution in [0.15, 0.2) is 21.0 Å². The van der Waals surface area contributed by atoms with Gasteiger partial charge in [-0.3, -0.25) is 0 Å². The van der Waals surface area contributed by atoms with Crippen LogP contribution in [0.1, 0.15) is 12.0 Å². The highest BCUT2D eigenvalue weighted by molar-refractivity contribution is 9.10. The van der Waals surface area contributed by atoms with E-state index in [0.29, 0.717) is 0 Å². The fourth-order valence-corrected chi connectivity index (χ4v) is 2.88. The smallest absolute Gasteiger partial charge is 0.298 e. The average molecular weight is 310 g/mol. The molecule has 96 valence electrons. The molecule has 5 heteroatoms. The molecule has 18 heavy (non-hydrogen) atoms. The molecule has 2 heterocycles. The third kappa shape index (κ3) is 2.24. The van der Waals surface area contributed by atoms with Gasteiger partial charge in [-0.15, -0.1) is 0 Å². The lowest BCUT2D eigenvalue weighted by atomic mass is 10.2. The number of hydrogen-bond donors (Lipinski definition) is 1. The van der Waals surface area contributed by atoms with Crippen LogP contribution in [0.5, 0.6) is 0 Å². The zero-order valence-electron chi connectivity index (χ0n) is 10.4. The summed E-state index contributed by atoms with van der Waals surface area (Å²) in [4.78, 5) is 6.82. The molecule has 0 saturated carbocycles. The van der Waals surface area contributed by atoms with E-state index in [1.807, 2.05) is 13.0 Å². The standard InChI is InChI=1S/C13H16BrN3O/c1-9-7-10(14)8-11-12(9)18-13(16-11)17-5-2-3-15-4-6-17/h7-8,15H,2-6H2,1H3. The first-order chi connectivity index (χ1) is 8.74. The van der Waals surface area contributed by atoms with Gasteiger partial charge in [0, 0.05) is 24.1 Å². The molecule has 0 radical (unpaired) electrons. The van der Waals surface area contributed by atoms with Crippen LogP contribution in [0, 0.1) is 6.92 Å². The van der Waals surface area contributed by atoms with Crippen molar-refractivity contribution in [1.82, 2.24) is 10.3 Å². The first-order valence-electron chi connectivity index (χ1n) is 6.26. The molecule has 0 unspecified atom stereocenters.